The molecule has 0 unspecified atom stereocenters. The van der Waals surface area contributed by atoms with Crippen LogP contribution in [-0.2, 0) is 9.53 Å². The van der Waals surface area contributed by atoms with Gasteiger partial charge in [-0.3, -0.25) is 9.69 Å². The maximum absolute atomic E-state index is 13.5. The molecular formula is C29H35N3O3S. The second-order valence-electron chi connectivity index (χ2n) is 9.33. The van der Waals surface area contributed by atoms with Crippen LogP contribution >= 0.6 is 11.8 Å². The van der Waals surface area contributed by atoms with Crippen molar-refractivity contribution in [1.29, 1.82) is 0 Å². The highest BCUT2D eigenvalue weighted by molar-refractivity contribution is 8.18. The lowest BCUT2D eigenvalue weighted by Crippen LogP contribution is -2.44. The molecule has 1 amide bonds. The Hall–Kier alpha value is -3.03. The number of amides is 1. The van der Waals surface area contributed by atoms with Gasteiger partial charge in [-0.25, -0.2) is 4.99 Å². The van der Waals surface area contributed by atoms with Crippen LogP contribution in [0.3, 0.4) is 0 Å². The summed E-state index contributed by atoms with van der Waals surface area (Å²) in [7, 11) is 1.68. The fourth-order valence-corrected chi connectivity index (χ4v) is 5.85. The van der Waals surface area contributed by atoms with E-state index in [0.717, 1.165) is 34.8 Å². The van der Waals surface area contributed by atoms with Crippen molar-refractivity contribution in [3.8, 4) is 5.75 Å². The molecule has 0 spiro atoms. The van der Waals surface area contributed by atoms with Crippen LogP contribution in [0, 0.1) is 0 Å². The van der Waals surface area contributed by atoms with Crippen LogP contribution < -0.4 is 9.64 Å². The van der Waals surface area contributed by atoms with Crippen LogP contribution in [0.5, 0.6) is 5.75 Å². The molecule has 1 saturated heterocycles. The molecule has 2 heterocycles. The number of carbonyl (C=O) groups excluding carboxylic acids is 1. The lowest BCUT2D eigenvalue weighted by atomic mass is 9.87. The van der Waals surface area contributed by atoms with Gasteiger partial charge < -0.3 is 14.4 Å². The zero-order valence-corrected chi connectivity index (χ0v) is 22.8. The van der Waals surface area contributed by atoms with E-state index in [1.165, 1.54) is 17.3 Å². The molecule has 190 valence electrons. The number of anilines is 1. The predicted octanol–water partition coefficient (Wildman–Crippen LogP) is 6.36. The van der Waals surface area contributed by atoms with Crippen molar-refractivity contribution in [2.45, 2.75) is 40.2 Å². The van der Waals surface area contributed by atoms with Gasteiger partial charge in [-0.2, -0.15) is 0 Å². The third-order valence-corrected chi connectivity index (χ3v) is 7.47. The Balaban J connectivity index is 1.75. The molecule has 2 aliphatic heterocycles. The molecule has 0 bridgehead atoms. The molecule has 6 nitrogen and oxygen atoms in total. The van der Waals surface area contributed by atoms with Gasteiger partial charge in [0.2, 0.25) is 0 Å². The van der Waals surface area contributed by atoms with Gasteiger partial charge in [0.25, 0.3) is 5.91 Å². The number of thioether (sulfide) groups is 1. The van der Waals surface area contributed by atoms with Crippen LogP contribution in [0.25, 0.3) is 11.6 Å². The lowest BCUT2D eigenvalue weighted by Gasteiger charge is -2.43. The molecule has 4 rings (SSSR count). The summed E-state index contributed by atoms with van der Waals surface area (Å²) in [6.07, 6.45) is 4.23. The fraction of sp³-hybridized carbons (Fsp3) is 0.379. The van der Waals surface area contributed by atoms with E-state index in [1.54, 1.807) is 12.0 Å². The van der Waals surface area contributed by atoms with Gasteiger partial charge in [-0.1, -0.05) is 24.3 Å². The van der Waals surface area contributed by atoms with Crippen LogP contribution in [0.4, 0.5) is 11.4 Å². The van der Waals surface area contributed by atoms with E-state index < -0.39 is 0 Å². The average Bonchev–Trinajstić information content (AvgIpc) is 3.13. The minimum Gasteiger partial charge on any atom is -0.496 e. The largest absolute Gasteiger partial charge is 0.496 e. The highest BCUT2D eigenvalue weighted by Gasteiger charge is 2.34. The molecule has 2 aliphatic rings. The van der Waals surface area contributed by atoms with Crippen molar-refractivity contribution in [2.24, 2.45) is 4.99 Å². The fourth-order valence-electron chi connectivity index (χ4n) is 4.83. The molecule has 2 aromatic rings. The summed E-state index contributed by atoms with van der Waals surface area (Å²) in [6.45, 7) is 13.1. The first kappa shape index (κ1) is 26.0. The van der Waals surface area contributed by atoms with Crippen molar-refractivity contribution in [3.05, 3.63) is 64.6 Å². The normalized spacial score (nSPS) is 19.2. The Labute approximate surface area is 218 Å². The van der Waals surface area contributed by atoms with E-state index in [-0.39, 0.29) is 11.4 Å². The highest BCUT2D eigenvalue weighted by Crippen LogP contribution is 2.43. The van der Waals surface area contributed by atoms with Crippen LogP contribution in [0.2, 0.25) is 0 Å². The van der Waals surface area contributed by atoms with Gasteiger partial charge in [0.15, 0.2) is 5.17 Å². The Bertz CT molecular complexity index is 1220. The zero-order valence-electron chi connectivity index (χ0n) is 22.0. The molecule has 36 heavy (non-hydrogen) atoms. The second kappa shape index (κ2) is 10.9. The number of aliphatic imine (C=N–C) groups is 1. The van der Waals surface area contributed by atoms with E-state index in [9.17, 15) is 4.79 Å². The maximum Gasteiger partial charge on any atom is 0.266 e. The van der Waals surface area contributed by atoms with Crippen LogP contribution in [0.15, 0.2) is 58.4 Å². The molecule has 7 heteroatoms. The number of allylic oxidation sites excluding steroid dienone is 1. The van der Waals surface area contributed by atoms with Gasteiger partial charge in [0, 0.05) is 36.0 Å². The molecule has 0 radical (unpaired) electrons. The number of rotatable bonds is 8. The maximum atomic E-state index is 13.5. The third kappa shape index (κ3) is 5.22. The van der Waals surface area contributed by atoms with Gasteiger partial charge in [-0.05, 0) is 76.2 Å². The van der Waals surface area contributed by atoms with Crippen molar-refractivity contribution < 1.29 is 14.3 Å². The van der Waals surface area contributed by atoms with Crippen LogP contribution in [0.1, 0.15) is 45.7 Å². The number of hydrogen-bond donors (Lipinski definition) is 0. The van der Waals surface area contributed by atoms with Crippen molar-refractivity contribution >= 4 is 45.9 Å². The van der Waals surface area contributed by atoms with E-state index in [2.05, 4.69) is 50.8 Å². The number of ether oxygens (including phenoxy) is 2. The summed E-state index contributed by atoms with van der Waals surface area (Å²) < 4.78 is 11.3. The Morgan fingerprint density at radius 2 is 1.89 bits per heavy atom. The summed E-state index contributed by atoms with van der Waals surface area (Å²) in [4.78, 5) is 22.9. The highest BCUT2D eigenvalue weighted by atomic mass is 32.2. The van der Waals surface area contributed by atoms with E-state index in [0.29, 0.717) is 29.8 Å². The first-order valence-corrected chi connectivity index (χ1v) is 13.2. The second-order valence-corrected chi connectivity index (χ2v) is 10.3. The SMILES string of the molecule is CCOCCN1C(=O)/C(=C\c2cc3c(cc2OC)N(CC)C(C)(C)C=C3C)SC1=Nc1ccccc1. The van der Waals surface area contributed by atoms with Gasteiger partial charge in [0.1, 0.15) is 5.75 Å². The van der Waals surface area contributed by atoms with E-state index in [4.69, 9.17) is 14.5 Å². The summed E-state index contributed by atoms with van der Waals surface area (Å²) in [5, 5.41) is 0.657. The third-order valence-electron chi connectivity index (χ3n) is 6.46. The lowest BCUT2D eigenvalue weighted by molar-refractivity contribution is -0.122. The van der Waals surface area contributed by atoms with E-state index >= 15 is 0 Å². The van der Waals surface area contributed by atoms with Gasteiger partial charge in [-0.15, -0.1) is 0 Å². The zero-order chi connectivity index (χ0) is 25.9. The molecule has 0 atom stereocenters. The number of nitrogens with zero attached hydrogens (tertiary/aromatic N) is 3. The number of fused-ring (bicyclic) bond motifs is 1. The Morgan fingerprint density at radius 3 is 2.56 bits per heavy atom. The Kier molecular flexibility index (Phi) is 7.91. The number of likely N-dealkylation sites (N-methyl/N-ethyl adjacent to an activating group) is 1. The molecule has 2 aromatic carbocycles. The smallest absolute Gasteiger partial charge is 0.266 e. The minimum absolute atomic E-state index is 0.0715. The van der Waals surface area contributed by atoms with Crippen molar-refractivity contribution in [2.75, 3.05) is 38.3 Å². The summed E-state index contributed by atoms with van der Waals surface area (Å²) in [6, 6.07) is 13.9. The summed E-state index contributed by atoms with van der Waals surface area (Å²) >= 11 is 1.39. The quantitative estimate of drug-likeness (QED) is 0.309. The van der Waals surface area contributed by atoms with Crippen molar-refractivity contribution in [3.63, 3.8) is 0 Å². The number of para-hydroxylation sites is 1. The molecule has 1 fully saturated rings. The molecule has 0 saturated carbocycles. The average molecular weight is 506 g/mol. The Morgan fingerprint density at radius 1 is 1.14 bits per heavy atom. The number of methoxy groups -OCH3 is 1. The number of carbonyl (C=O) groups is 1. The number of amidine groups is 1. The topological polar surface area (TPSA) is 54.4 Å². The monoisotopic (exact) mass is 505 g/mol. The van der Waals surface area contributed by atoms with Crippen LogP contribution in [-0.4, -0.2) is 54.9 Å². The first-order chi connectivity index (χ1) is 17.3. The first-order valence-electron chi connectivity index (χ1n) is 12.4. The number of benzene rings is 2. The minimum atomic E-state index is -0.0854. The molecule has 0 aromatic heterocycles. The number of hydrogen-bond acceptors (Lipinski definition) is 6. The van der Waals surface area contributed by atoms with E-state index in [1.807, 2.05) is 43.3 Å². The summed E-state index contributed by atoms with van der Waals surface area (Å²) in [5.74, 6) is 0.672. The van der Waals surface area contributed by atoms with Gasteiger partial charge >= 0.3 is 0 Å². The summed E-state index contributed by atoms with van der Waals surface area (Å²) in [5.41, 5.74) is 5.13. The molecular weight excluding hydrogens is 470 g/mol. The molecule has 0 aliphatic carbocycles. The predicted molar refractivity (Wildman–Crippen MR) is 151 cm³/mol. The van der Waals surface area contributed by atoms with Crippen molar-refractivity contribution in [1.82, 2.24) is 4.90 Å². The molecule has 0 N–H and O–H groups in total. The standard InChI is InChI=1S/C29H35N3O3S/c1-7-32-24-18-25(34-6)21(16-23(24)20(3)19-29(32,4)5)17-26-27(33)31(14-15-35-8-2)28(36-26)30-22-12-10-9-11-13-22/h9-13,16-19H,7-8,14-15H2,1-6H3/b26-17+,30-28?. The van der Waals surface area contributed by atoms with Gasteiger partial charge in [0.05, 0.1) is 36.4 Å².